The molecule has 7 heteroatoms. The SMILES string of the molecule is CCOc1ccc(COc2ccccc2-c2cc(C(=O)NN)[nH]n2)cc1. The second kappa shape index (κ2) is 8.17. The highest BCUT2D eigenvalue weighted by molar-refractivity contribution is 5.93. The Morgan fingerprint density at radius 3 is 2.65 bits per heavy atom. The maximum Gasteiger partial charge on any atom is 0.283 e. The molecule has 26 heavy (non-hydrogen) atoms. The number of hydrogen-bond donors (Lipinski definition) is 3. The summed E-state index contributed by atoms with van der Waals surface area (Å²) < 4.78 is 11.4. The van der Waals surface area contributed by atoms with Gasteiger partial charge in [0.25, 0.3) is 5.91 Å². The smallest absolute Gasteiger partial charge is 0.283 e. The van der Waals surface area contributed by atoms with E-state index in [0.717, 1.165) is 16.9 Å². The lowest BCUT2D eigenvalue weighted by atomic mass is 10.1. The van der Waals surface area contributed by atoms with Crippen molar-refractivity contribution in [3.63, 3.8) is 0 Å². The van der Waals surface area contributed by atoms with E-state index in [1.807, 2.05) is 55.5 Å². The molecule has 0 aliphatic rings. The molecule has 7 nitrogen and oxygen atoms in total. The molecule has 0 spiro atoms. The number of carbonyl (C=O) groups excluding carboxylic acids is 1. The molecule has 4 N–H and O–H groups in total. The summed E-state index contributed by atoms with van der Waals surface area (Å²) in [6, 6.07) is 16.9. The number of nitrogen functional groups attached to an aromatic ring is 1. The molecule has 3 rings (SSSR count). The van der Waals surface area contributed by atoms with Crippen LogP contribution in [-0.2, 0) is 6.61 Å². The average molecular weight is 352 g/mol. The first-order chi connectivity index (χ1) is 12.7. The summed E-state index contributed by atoms with van der Waals surface area (Å²) >= 11 is 0. The number of nitrogens with one attached hydrogen (secondary N) is 2. The number of nitrogens with two attached hydrogens (primary N) is 1. The molecule has 0 saturated heterocycles. The van der Waals surface area contributed by atoms with E-state index >= 15 is 0 Å². The molecule has 1 heterocycles. The first-order valence-electron chi connectivity index (χ1n) is 8.21. The zero-order valence-electron chi connectivity index (χ0n) is 14.4. The van der Waals surface area contributed by atoms with E-state index in [1.165, 1.54) is 0 Å². The van der Waals surface area contributed by atoms with E-state index in [9.17, 15) is 4.79 Å². The minimum atomic E-state index is -0.434. The molecular formula is C19H20N4O3. The van der Waals surface area contributed by atoms with Crippen LogP contribution in [0.4, 0.5) is 0 Å². The number of nitrogens with zero attached hydrogens (tertiary/aromatic N) is 1. The lowest BCUT2D eigenvalue weighted by Crippen LogP contribution is -2.30. The van der Waals surface area contributed by atoms with Crippen LogP contribution in [0.25, 0.3) is 11.3 Å². The van der Waals surface area contributed by atoms with Gasteiger partial charge < -0.3 is 9.47 Å². The number of amides is 1. The number of aromatic amines is 1. The fourth-order valence-corrected chi connectivity index (χ4v) is 2.47. The van der Waals surface area contributed by atoms with Crippen LogP contribution in [0.1, 0.15) is 23.0 Å². The van der Waals surface area contributed by atoms with Gasteiger partial charge in [-0.3, -0.25) is 15.3 Å². The Morgan fingerprint density at radius 2 is 1.92 bits per heavy atom. The largest absolute Gasteiger partial charge is 0.494 e. The number of aromatic nitrogens is 2. The number of para-hydroxylation sites is 1. The van der Waals surface area contributed by atoms with Gasteiger partial charge in [0.1, 0.15) is 23.8 Å². The molecular weight excluding hydrogens is 332 g/mol. The number of benzene rings is 2. The molecule has 1 aromatic heterocycles. The molecule has 0 saturated carbocycles. The summed E-state index contributed by atoms with van der Waals surface area (Å²) in [4.78, 5) is 11.6. The zero-order chi connectivity index (χ0) is 18.4. The molecule has 3 aromatic rings. The highest BCUT2D eigenvalue weighted by Gasteiger charge is 2.13. The highest BCUT2D eigenvalue weighted by atomic mass is 16.5. The average Bonchev–Trinajstić information content (AvgIpc) is 3.17. The Bertz CT molecular complexity index is 875. The predicted molar refractivity (Wildman–Crippen MR) is 97.6 cm³/mol. The van der Waals surface area contributed by atoms with Gasteiger partial charge in [-0.25, -0.2) is 5.84 Å². The molecule has 134 valence electrons. The maximum absolute atomic E-state index is 11.6. The van der Waals surface area contributed by atoms with Crippen LogP contribution in [-0.4, -0.2) is 22.7 Å². The van der Waals surface area contributed by atoms with Crippen molar-refractivity contribution in [2.24, 2.45) is 5.84 Å². The maximum atomic E-state index is 11.6. The van der Waals surface area contributed by atoms with Crippen LogP contribution in [0.3, 0.4) is 0 Å². The quantitative estimate of drug-likeness (QED) is 0.345. The summed E-state index contributed by atoms with van der Waals surface area (Å²) in [6.07, 6.45) is 0. The van der Waals surface area contributed by atoms with Crippen LogP contribution < -0.4 is 20.7 Å². The van der Waals surface area contributed by atoms with Crippen LogP contribution >= 0.6 is 0 Å². The molecule has 0 bridgehead atoms. The molecule has 1 amide bonds. The first-order valence-corrected chi connectivity index (χ1v) is 8.21. The lowest BCUT2D eigenvalue weighted by Gasteiger charge is -2.10. The third-order valence-electron chi connectivity index (χ3n) is 3.75. The van der Waals surface area contributed by atoms with Crippen molar-refractivity contribution < 1.29 is 14.3 Å². The minimum absolute atomic E-state index is 0.281. The molecule has 0 fully saturated rings. The van der Waals surface area contributed by atoms with Crippen molar-refractivity contribution in [2.75, 3.05) is 6.61 Å². The normalized spacial score (nSPS) is 10.4. The van der Waals surface area contributed by atoms with Gasteiger partial charge in [0.15, 0.2) is 0 Å². The number of hydrazine groups is 1. The van der Waals surface area contributed by atoms with E-state index in [1.54, 1.807) is 6.07 Å². The molecule has 0 aliphatic carbocycles. The number of ether oxygens (including phenoxy) is 2. The van der Waals surface area contributed by atoms with Gasteiger partial charge in [0, 0.05) is 5.56 Å². The summed E-state index contributed by atoms with van der Waals surface area (Å²) in [5.74, 6) is 6.21. The van der Waals surface area contributed by atoms with Crippen molar-refractivity contribution in [3.8, 4) is 22.8 Å². The molecule has 2 aromatic carbocycles. The van der Waals surface area contributed by atoms with Gasteiger partial charge in [-0.15, -0.1) is 0 Å². The Balaban J connectivity index is 1.75. The van der Waals surface area contributed by atoms with Gasteiger partial charge in [-0.05, 0) is 42.8 Å². The van der Waals surface area contributed by atoms with Crippen molar-refractivity contribution in [2.45, 2.75) is 13.5 Å². The van der Waals surface area contributed by atoms with E-state index in [4.69, 9.17) is 15.3 Å². The van der Waals surface area contributed by atoms with Crippen molar-refractivity contribution in [1.29, 1.82) is 0 Å². The van der Waals surface area contributed by atoms with Gasteiger partial charge in [0.2, 0.25) is 0 Å². The van der Waals surface area contributed by atoms with Crippen LogP contribution in [0.5, 0.6) is 11.5 Å². The Labute approximate surface area is 151 Å². The monoisotopic (exact) mass is 352 g/mol. The topological polar surface area (TPSA) is 102 Å². The van der Waals surface area contributed by atoms with E-state index in [2.05, 4.69) is 15.6 Å². The van der Waals surface area contributed by atoms with Crippen LogP contribution in [0.2, 0.25) is 0 Å². The van der Waals surface area contributed by atoms with Crippen molar-refractivity contribution >= 4 is 5.91 Å². The summed E-state index contributed by atoms with van der Waals surface area (Å²) in [7, 11) is 0. The minimum Gasteiger partial charge on any atom is -0.494 e. The van der Waals surface area contributed by atoms with E-state index < -0.39 is 5.91 Å². The third kappa shape index (κ3) is 4.01. The van der Waals surface area contributed by atoms with Crippen molar-refractivity contribution in [3.05, 3.63) is 65.9 Å². The Kier molecular flexibility index (Phi) is 5.50. The van der Waals surface area contributed by atoms with Gasteiger partial charge in [-0.1, -0.05) is 24.3 Å². The standard InChI is InChI=1S/C19H20N4O3/c1-2-25-14-9-7-13(8-10-14)12-26-18-6-4-3-5-15(18)16-11-17(23-22-16)19(24)21-20/h3-11H,2,12,20H2,1H3,(H,21,24)(H,22,23). The number of carbonyl (C=O) groups is 1. The fraction of sp³-hybridized carbons (Fsp3) is 0.158. The first kappa shape index (κ1) is 17.5. The Hall–Kier alpha value is -3.32. The highest BCUT2D eigenvalue weighted by Crippen LogP contribution is 2.29. The number of H-pyrrole nitrogens is 1. The van der Waals surface area contributed by atoms with E-state index in [0.29, 0.717) is 24.7 Å². The molecule has 0 atom stereocenters. The fourth-order valence-electron chi connectivity index (χ4n) is 2.47. The molecule has 0 aliphatic heterocycles. The van der Waals surface area contributed by atoms with Crippen molar-refractivity contribution in [1.82, 2.24) is 15.6 Å². The van der Waals surface area contributed by atoms with Crippen LogP contribution in [0.15, 0.2) is 54.6 Å². The second-order valence-electron chi connectivity index (χ2n) is 5.50. The second-order valence-corrected chi connectivity index (χ2v) is 5.50. The zero-order valence-corrected chi connectivity index (χ0v) is 14.4. The van der Waals surface area contributed by atoms with Gasteiger partial charge >= 0.3 is 0 Å². The van der Waals surface area contributed by atoms with E-state index in [-0.39, 0.29) is 5.69 Å². The van der Waals surface area contributed by atoms with Crippen LogP contribution in [0, 0.1) is 0 Å². The summed E-state index contributed by atoms with van der Waals surface area (Å²) in [6.45, 7) is 2.99. The predicted octanol–water partition coefficient (Wildman–Crippen LogP) is 2.66. The summed E-state index contributed by atoms with van der Waals surface area (Å²) in [5, 5.41) is 6.83. The number of hydrogen-bond acceptors (Lipinski definition) is 5. The third-order valence-corrected chi connectivity index (χ3v) is 3.75. The molecule has 0 unspecified atom stereocenters. The summed E-state index contributed by atoms with van der Waals surface area (Å²) in [5.41, 5.74) is 4.76. The lowest BCUT2D eigenvalue weighted by molar-refractivity contribution is 0.0948. The van der Waals surface area contributed by atoms with Gasteiger partial charge in [-0.2, -0.15) is 5.10 Å². The van der Waals surface area contributed by atoms with Gasteiger partial charge in [0.05, 0.1) is 12.3 Å². The molecule has 0 radical (unpaired) electrons. The Morgan fingerprint density at radius 1 is 1.15 bits per heavy atom. The number of rotatable bonds is 7.